The Morgan fingerprint density at radius 1 is 1.08 bits per heavy atom. The fourth-order valence-corrected chi connectivity index (χ4v) is 3.73. The number of rotatable bonds is 4. The van der Waals surface area contributed by atoms with E-state index in [-0.39, 0.29) is 11.7 Å². The number of hydrogen-bond acceptors (Lipinski definition) is 3. The molecule has 0 N–H and O–H groups in total. The molecule has 132 valence electrons. The molecule has 0 bridgehead atoms. The van der Waals surface area contributed by atoms with Gasteiger partial charge in [-0.1, -0.05) is 78.5 Å². The van der Waals surface area contributed by atoms with Gasteiger partial charge in [-0.25, -0.2) is 0 Å². The monoisotopic (exact) mass is 408 g/mol. The van der Waals surface area contributed by atoms with Gasteiger partial charge in [-0.05, 0) is 37.5 Å². The first-order valence-corrected chi connectivity index (χ1v) is 9.63. The molecule has 3 nitrogen and oxygen atoms in total. The minimum atomic E-state index is -1.88. The van der Waals surface area contributed by atoms with E-state index in [1.54, 1.807) is 19.1 Å². The molecule has 1 aromatic rings. The van der Waals surface area contributed by atoms with Crippen LogP contribution in [-0.4, -0.2) is 10.2 Å². The number of alkyl halides is 2. The first-order valence-electron chi connectivity index (χ1n) is 8.12. The highest BCUT2D eigenvalue weighted by molar-refractivity contribution is 6.58. The van der Waals surface area contributed by atoms with Crippen LogP contribution in [0.5, 0.6) is 0 Å². The van der Waals surface area contributed by atoms with Gasteiger partial charge in [0.2, 0.25) is 0 Å². The van der Waals surface area contributed by atoms with E-state index >= 15 is 0 Å². The molecule has 1 fully saturated rings. The maximum absolute atomic E-state index is 12.7. The van der Waals surface area contributed by atoms with E-state index in [1.165, 1.54) is 6.42 Å². The van der Waals surface area contributed by atoms with Crippen LogP contribution in [0.1, 0.15) is 50.5 Å². The van der Waals surface area contributed by atoms with Gasteiger partial charge < -0.3 is 0 Å². The lowest BCUT2D eigenvalue weighted by Gasteiger charge is -2.22. The highest BCUT2D eigenvalue weighted by Crippen LogP contribution is 2.36. The van der Waals surface area contributed by atoms with Crippen LogP contribution >= 0.6 is 46.4 Å². The summed E-state index contributed by atoms with van der Waals surface area (Å²) in [5, 5.41) is 8.82. The Morgan fingerprint density at radius 2 is 1.67 bits per heavy atom. The number of azo groups is 1. The Labute approximate surface area is 162 Å². The Hall–Kier alpha value is -0.350. The molecule has 24 heavy (non-hydrogen) atoms. The number of nitrogens with zero attached hydrogens (tertiary/aromatic N) is 2. The summed E-state index contributed by atoms with van der Waals surface area (Å²) in [6, 6.07) is 3.22. The fraction of sp³-hybridized carbons (Fsp3) is 0.588. The third-order valence-electron chi connectivity index (χ3n) is 4.34. The molecule has 0 saturated heterocycles. The van der Waals surface area contributed by atoms with Crippen LogP contribution in [0, 0.1) is 12.8 Å². The van der Waals surface area contributed by atoms with Crippen molar-refractivity contribution in [2.45, 2.75) is 56.3 Å². The Kier molecular flexibility index (Phi) is 7.36. The number of ketones is 1. The summed E-state index contributed by atoms with van der Waals surface area (Å²) < 4.78 is -1.88. The van der Waals surface area contributed by atoms with Crippen LogP contribution < -0.4 is 0 Å². The summed E-state index contributed by atoms with van der Waals surface area (Å²) in [4.78, 5) is 12.7. The minimum absolute atomic E-state index is 0.164. The van der Waals surface area contributed by atoms with Gasteiger partial charge in [0.05, 0.1) is 5.69 Å². The van der Waals surface area contributed by atoms with Crippen LogP contribution in [0.15, 0.2) is 22.4 Å². The van der Waals surface area contributed by atoms with Gasteiger partial charge in [-0.15, -0.1) is 5.11 Å². The average molecular weight is 410 g/mol. The number of carbonyl (C=O) groups excluding carboxylic acids is 1. The van der Waals surface area contributed by atoms with E-state index in [0.717, 1.165) is 38.5 Å². The van der Waals surface area contributed by atoms with Crippen molar-refractivity contribution in [3.05, 3.63) is 27.7 Å². The van der Waals surface area contributed by atoms with Gasteiger partial charge in [0.25, 0.3) is 4.46 Å². The van der Waals surface area contributed by atoms with E-state index in [1.807, 2.05) is 0 Å². The highest BCUT2D eigenvalue weighted by atomic mass is 35.5. The van der Waals surface area contributed by atoms with Crippen molar-refractivity contribution in [3.8, 4) is 0 Å². The molecule has 2 rings (SSSR count). The molecular weight excluding hydrogens is 390 g/mol. The van der Waals surface area contributed by atoms with Crippen LogP contribution in [0.2, 0.25) is 10.0 Å². The molecule has 0 amide bonds. The number of hydrogen-bond donors (Lipinski definition) is 0. The first-order chi connectivity index (χ1) is 11.3. The molecule has 0 aromatic heterocycles. The SMILES string of the molecule is Cc1c(Cl)cc(Cl)cc1N=NC(Cl)(Cl)C(=O)C1CCCCCCC1. The van der Waals surface area contributed by atoms with Crippen molar-refractivity contribution >= 4 is 57.9 Å². The van der Waals surface area contributed by atoms with Gasteiger partial charge in [-0.2, -0.15) is 5.11 Å². The molecule has 0 heterocycles. The molecule has 0 spiro atoms. The Bertz CT molecular complexity index is 623. The smallest absolute Gasteiger partial charge is 0.286 e. The molecule has 0 unspecified atom stereocenters. The lowest BCUT2D eigenvalue weighted by Crippen LogP contribution is -2.31. The van der Waals surface area contributed by atoms with Crippen molar-refractivity contribution in [1.29, 1.82) is 0 Å². The molecule has 0 atom stereocenters. The normalized spacial score (nSPS) is 17.7. The van der Waals surface area contributed by atoms with Crippen molar-refractivity contribution in [3.63, 3.8) is 0 Å². The zero-order valence-corrected chi connectivity index (χ0v) is 16.5. The molecule has 1 aliphatic carbocycles. The minimum Gasteiger partial charge on any atom is -0.294 e. The second-order valence-electron chi connectivity index (χ2n) is 6.18. The van der Waals surface area contributed by atoms with E-state index in [0.29, 0.717) is 21.3 Å². The summed E-state index contributed by atoms with van der Waals surface area (Å²) in [7, 11) is 0. The van der Waals surface area contributed by atoms with Gasteiger partial charge in [0, 0.05) is 16.0 Å². The summed E-state index contributed by atoms with van der Waals surface area (Å²) in [6.45, 7) is 1.79. The molecule has 0 aliphatic heterocycles. The van der Waals surface area contributed by atoms with Crippen molar-refractivity contribution < 1.29 is 4.79 Å². The number of halogens is 4. The summed E-state index contributed by atoms with van der Waals surface area (Å²) in [5.41, 5.74) is 1.15. The summed E-state index contributed by atoms with van der Waals surface area (Å²) in [5.74, 6) is -0.439. The summed E-state index contributed by atoms with van der Waals surface area (Å²) >= 11 is 24.4. The van der Waals surface area contributed by atoms with Gasteiger partial charge in [-0.3, -0.25) is 4.79 Å². The lowest BCUT2D eigenvalue weighted by molar-refractivity contribution is -0.124. The van der Waals surface area contributed by atoms with E-state index in [2.05, 4.69) is 10.2 Å². The predicted octanol–water partition coefficient (Wildman–Crippen LogP) is 7.45. The van der Waals surface area contributed by atoms with Crippen molar-refractivity contribution in [1.82, 2.24) is 0 Å². The maximum atomic E-state index is 12.7. The molecular formula is C17H20Cl4N2O. The standard InChI is InChI=1S/C17H20Cl4N2O/c1-11-14(19)9-13(18)10-15(11)22-23-17(20,21)16(24)12-7-5-3-2-4-6-8-12/h9-10,12H,2-8H2,1H3. The van der Waals surface area contributed by atoms with Crippen LogP contribution in [0.3, 0.4) is 0 Å². The average Bonchev–Trinajstić information content (AvgIpc) is 2.48. The molecule has 0 radical (unpaired) electrons. The topological polar surface area (TPSA) is 41.8 Å². The number of benzene rings is 1. The third-order valence-corrected chi connectivity index (χ3v) is 5.47. The van der Waals surface area contributed by atoms with E-state index < -0.39 is 4.46 Å². The largest absolute Gasteiger partial charge is 0.294 e. The van der Waals surface area contributed by atoms with E-state index in [4.69, 9.17) is 46.4 Å². The maximum Gasteiger partial charge on any atom is 0.286 e. The molecule has 1 saturated carbocycles. The molecule has 1 aliphatic rings. The van der Waals surface area contributed by atoms with Gasteiger partial charge in [0.15, 0.2) is 5.78 Å². The zero-order valence-electron chi connectivity index (χ0n) is 13.5. The van der Waals surface area contributed by atoms with Gasteiger partial charge in [0.1, 0.15) is 0 Å². The van der Waals surface area contributed by atoms with Crippen molar-refractivity contribution in [2.75, 3.05) is 0 Å². The van der Waals surface area contributed by atoms with E-state index in [9.17, 15) is 4.79 Å². The van der Waals surface area contributed by atoms with Crippen LogP contribution in [0.4, 0.5) is 5.69 Å². The summed E-state index contributed by atoms with van der Waals surface area (Å²) in [6.07, 6.45) is 7.14. The van der Waals surface area contributed by atoms with Crippen LogP contribution in [0.25, 0.3) is 0 Å². The quantitative estimate of drug-likeness (QED) is 0.289. The first kappa shape index (κ1) is 20.0. The molecule has 7 heteroatoms. The van der Waals surface area contributed by atoms with Gasteiger partial charge >= 0.3 is 0 Å². The highest BCUT2D eigenvalue weighted by Gasteiger charge is 2.38. The third kappa shape index (κ3) is 5.32. The predicted molar refractivity (Wildman–Crippen MR) is 101 cm³/mol. The van der Waals surface area contributed by atoms with Crippen LogP contribution in [-0.2, 0) is 4.79 Å². The fourth-order valence-electron chi connectivity index (χ4n) is 2.87. The Balaban J connectivity index is 2.15. The lowest BCUT2D eigenvalue weighted by atomic mass is 9.88. The molecule has 1 aromatic carbocycles. The number of carbonyl (C=O) groups is 1. The zero-order chi connectivity index (χ0) is 17.7. The second-order valence-corrected chi connectivity index (χ2v) is 8.31. The van der Waals surface area contributed by atoms with Crippen molar-refractivity contribution in [2.24, 2.45) is 16.1 Å². The second kappa shape index (κ2) is 8.84. The Morgan fingerprint density at radius 3 is 2.29 bits per heavy atom. The number of Topliss-reactive ketones (excluding diaryl/α,β-unsaturated/α-hetero) is 1.